The van der Waals surface area contributed by atoms with Gasteiger partial charge in [0.2, 0.25) is 0 Å². The Hall–Kier alpha value is -1.35. The van der Waals surface area contributed by atoms with Gasteiger partial charge in [0.15, 0.2) is 0 Å². The summed E-state index contributed by atoms with van der Waals surface area (Å²) in [4.78, 5) is 7.62. The zero-order chi connectivity index (χ0) is 11.8. The molecule has 1 aliphatic rings. The van der Waals surface area contributed by atoms with Crippen molar-refractivity contribution in [3.8, 4) is 0 Å². The quantitative estimate of drug-likeness (QED) is 0.790. The number of rotatable bonds is 1. The van der Waals surface area contributed by atoms with E-state index in [9.17, 15) is 0 Å². The molecule has 0 aliphatic heterocycles. The molecule has 0 atom stereocenters. The van der Waals surface area contributed by atoms with Gasteiger partial charge in [0, 0.05) is 23.3 Å². The fraction of sp³-hybridized carbons (Fsp3) is 0.500. The molecule has 0 saturated heterocycles. The van der Waals surface area contributed by atoms with Gasteiger partial charge in [0.25, 0.3) is 0 Å². The molecule has 90 valence electrons. The number of aryl methyl sites for hydroxylation is 1. The van der Waals surface area contributed by atoms with Crippen LogP contribution in [0.3, 0.4) is 0 Å². The summed E-state index contributed by atoms with van der Waals surface area (Å²) in [5, 5.41) is 1.35. The van der Waals surface area contributed by atoms with E-state index in [1.54, 1.807) is 0 Å². The normalized spacial score (nSPS) is 25.3. The van der Waals surface area contributed by atoms with Crippen LogP contribution in [0.2, 0.25) is 0 Å². The SMILES string of the molecule is Cc1[nH]c2cnccc2c1C1CCC(N)CC1. The molecular formula is C14H19N3. The van der Waals surface area contributed by atoms with Crippen LogP contribution in [0.25, 0.3) is 10.9 Å². The molecule has 3 heteroatoms. The molecule has 2 aromatic heterocycles. The maximum atomic E-state index is 5.98. The van der Waals surface area contributed by atoms with E-state index in [1.807, 2.05) is 12.4 Å². The van der Waals surface area contributed by atoms with Crippen LogP contribution in [0.5, 0.6) is 0 Å². The Bertz CT molecular complexity index is 521. The second-order valence-electron chi connectivity index (χ2n) is 5.20. The number of aromatic amines is 1. The van der Waals surface area contributed by atoms with Crippen LogP contribution in [0.15, 0.2) is 18.5 Å². The second kappa shape index (κ2) is 4.15. The summed E-state index contributed by atoms with van der Waals surface area (Å²) in [7, 11) is 0. The van der Waals surface area contributed by atoms with Crippen LogP contribution in [0, 0.1) is 6.92 Å². The predicted octanol–water partition coefficient (Wildman–Crippen LogP) is 2.86. The van der Waals surface area contributed by atoms with Gasteiger partial charge in [-0.2, -0.15) is 0 Å². The van der Waals surface area contributed by atoms with Crippen molar-refractivity contribution in [2.75, 3.05) is 0 Å². The lowest BCUT2D eigenvalue weighted by Gasteiger charge is -2.26. The third-order valence-corrected chi connectivity index (χ3v) is 4.02. The molecule has 3 nitrogen and oxygen atoms in total. The van der Waals surface area contributed by atoms with Crippen LogP contribution in [0.4, 0.5) is 0 Å². The Balaban J connectivity index is 2.02. The van der Waals surface area contributed by atoms with Gasteiger partial charge in [-0.25, -0.2) is 0 Å². The third kappa shape index (κ3) is 1.84. The number of hydrogen-bond acceptors (Lipinski definition) is 2. The number of pyridine rings is 1. The summed E-state index contributed by atoms with van der Waals surface area (Å²) in [6, 6.07) is 2.54. The van der Waals surface area contributed by atoms with Gasteiger partial charge in [-0.15, -0.1) is 0 Å². The highest BCUT2D eigenvalue weighted by Crippen LogP contribution is 2.37. The van der Waals surface area contributed by atoms with Crippen molar-refractivity contribution in [1.82, 2.24) is 9.97 Å². The number of aromatic nitrogens is 2. The maximum Gasteiger partial charge on any atom is 0.0645 e. The summed E-state index contributed by atoms with van der Waals surface area (Å²) in [6.45, 7) is 2.17. The van der Waals surface area contributed by atoms with E-state index in [0.29, 0.717) is 12.0 Å². The average molecular weight is 229 g/mol. The Kier molecular flexibility index (Phi) is 2.63. The van der Waals surface area contributed by atoms with E-state index in [2.05, 4.69) is 23.0 Å². The van der Waals surface area contributed by atoms with E-state index < -0.39 is 0 Å². The molecule has 1 aliphatic carbocycles. The molecule has 2 heterocycles. The van der Waals surface area contributed by atoms with Crippen molar-refractivity contribution in [2.24, 2.45) is 5.73 Å². The van der Waals surface area contributed by atoms with E-state index in [-0.39, 0.29) is 0 Å². The summed E-state index contributed by atoms with van der Waals surface area (Å²) >= 11 is 0. The molecule has 0 aromatic carbocycles. The predicted molar refractivity (Wildman–Crippen MR) is 70.0 cm³/mol. The molecular weight excluding hydrogens is 210 g/mol. The Morgan fingerprint density at radius 1 is 1.29 bits per heavy atom. The molecule has 0 radical (unpaired) electrons. The van der Waals surface area contributed by atoms with Crippen molar-refractivity contribution in [1.29, 1.82) is 0 Å². The first-order valence-corrected chi connectivity index (χ1v) is 6.43. The highest BCUT2D eigenvalue weighted by atomic mass is 14.8. The van der Waals surface area contributed by atoms with Crippen molar-refractivity contribution >= 4 is 10.9 Å². The van der Waals surface area contributed by atoms with E-state index in [1.165, 1.54) is 29.5 Å². The van der Waals surface area contributed by atoms with E-state index in [4.69, 9.17) is 5.73 Å². The van der Waals surface area contributed by atoms with Crippen LogP contribution >= 0.6 is 0 Å². The average Bonchev–Trinajstić information content (AvgIpc) is 2.66. The lowest BCUT2D eigenvalue weighted by molar-refractivity contribution is 0.396. The minimum atomic E-state index is 0.415. The van der Waals surface area contributed by atoms with Gasteiger partial charge in [-0.3, -0.25) is 4.98 Å². The first kappa shape index (κ1) is 10.8. The van der Waals surface area contributed by atoms with E-state index in [0.717, 1.165) is 18.4 Å². The Morgan fingerprint density at radius 2 is 2.06 bits per heavy atom. The van der Waals surface area contributed by atoms with E-state index >= 15 is 0 Å². The lowest BCUT2D eigenvalue weighted by Crippen LogP contribution is -2.25. The van der Waals surface area contributed by atoms with Gasteiger partial charge in [-0.1, -0.05) is 0 Å². The fourth-order valence-electron chi connectivity index (χ4n) is 3.13. The molecule has 3 rings (SSSR count). The molecule has 3 N–H and O–H groups in total. The topological polar surface area (TPSA) is 54.7 Å². The number of nitrogens with zero attached hydrogens (tertiary/aromatic N) is 1. The van der Waals surface area contributed by atoms with Crippen LogP contribution < -0.4 is 5.73 Å². The summed E-state index contributed by atoms with van der Waals surface area (Å²) in [5.41, 5.74) is 9.94. The highest BCUT2D eigenvalue weighted by molar-refractivity contribution is 5.84. The van der Waals surface area contributed by atoms with Gasteiger partial charge in [-0.05, 0) is 50.2 Å². The molecule has 1 saturated carbocycles. The Morgan fingerprint density at radius 3 is 2.82 bits per heavy atom. The number of nitrogens with two attached hydrogens (primary N) is 1. The molecule has 0 bridgehead atoms. The van der Waals surface area contributed by atoms with Crippen LogP contribution in [0.1, 0.15) is 42.9 Å². The molecule has 1 fully saturated rings. The molecule has 2 aromatic rings. The van der Waals surface area contributed by atoms with Gasteiger partial charge in [0.1, 0.15) is 0 Å². The standard InChI is InChI=1S/C14H19N3/c1-9-14(10-2-4-11(15)5-3-10)12-6-7-16-8-13(12)17-9/h6-8,10-11,17H,2-5,15H2,1H3. The van der Waals surface area contributed by atoms with Crippen molar-refractivity contribution in [2.45, 2.75) is 44.6 Å². The zero-order valence-corrected chi connectivity index (χ0v) is 10.2. The fourth-order valence-corrected chi connectivity index (χ4v) is 3.13. The number of H-pyrrole nitrogens is 1. The van der Waals surface area contributed by atoms with Crippen molar-refractivity contribution in [3.63, 3.8) is 0 Å². The largest absolute Gasteiger partial charge is 0.357 e. The molecule has 17 heavy (non-hydrogen) atoms. The van der Waals surface area contributed by atoms with Crippen LogP contribution in [-0.4, -0.2) is 16.0 Å². The van der Waals surface area contributed by atoms with Gasteiger partial charge in [0.05, 0.1) is 11.7 Å². The van der Waals surface area contributed by atoms with Crippen molar-refractivity contribution < 1.29 is 0 Å². The second-order valence-corrected chi connectivity index (χ2v) is 5.20. The van der Waals surface area contributed by atoms with Crippen molar-refractivity contribution in [3.05, 3.63) is 29.7 Å². The number of nitrogens with one attached hydrogen (secondary N) is 1. The lowest BCUT2D eigenvalue weighted by atomic mass is 9.81. The van der Waals surface area contributed by atoms with Crippen LogP contribution in [-0.2, 0) is 0 Å². The number of hydrogen-bond donors (Lipinski definition) is 2. The molecule has 0 unspecified atom stereocenters. The highest BCUT2D eigenvalue weighted by Gasteiger charge is 2.23. The van der Waals surface area contributed by atoms with Gasteiger partial charge < -0.3 is 10.7 Å². The summed E-state index contributed by atoms with van der Waals surface area (Å²) in [6.07, 6.45) is 8.55. The molecule has 0 spiro atoms. The summed E-state index contributed by atoms with van der Waals surface area (Å²) in [5.74, 6) is 0.672. The minimum Gasteiger partial charge on any atom is -0.357 e. The smallest absolute Gasteiger partial charge is 0.0645 e. The zero-order valence-electron chi connectivity index (χ0n) is 10.2. The molecule has 0 amide bonds. The number of fused-ring (bicyclic) bond motifs is 1. The summed E-state index contributed by atoms with van der Waals surface area (Å²) < 4.78 is 0. The maximum absolute atomic E-state index is 5.98. The minimum absolute atomic E-state index is 0.415. The third-order valence-electron chi connectivity index (χ3n) is 4.02. The first-order chi connectivity index (χ1) is 8.25. The monoisotopic (exact) mass is 229 g/mol. The van der Waals surface area contributed by atoms with Gasteiger partial charge >= 0.3 is 0 Å². The Labute approximate surface area is 101 Å². The first-order valence-electron chi connectivity index (χ1n) is 6.43.